The fourth-order valence-electron chi connectivity index (χ4n) is 3.64. The van der Waals surface area contributed by atoms with Crippen LogP contribution in [0.5, 0.6) is 0 Å². The van der Waals surface area contributed by atoms with Crippen molar-refractivity contribution in [3.8, 4) is 6.07 Å². The number of hydrogen-bond donors (Lipinski definition) is 1. The van der Waals surface area contributed by atoms with Crippen molar-refractivity contribution in [1.29, 1.82) is 5.26 Å². The van der Waals surface area contributed by atoms with Gasteiger partial charge in [0.2, 0.25) is 5.95 Å². The van der Waals surface area contributed by atoms with Gasteiger partial charge in [-0.2, -0.15) is 5.26 Å². The molecule has 0 atom stereocenters. The van der Waals surface area contributed by atoms with E-state index in [0.29, 0.717) is 66.5 Å². The molecule has 2 aromatic heterocycles. The first-order chi connectivity index (χ1) is 16.0. The second-order valence-corrected chi connectivity index (χ2v) is 7.71. The van der Waals surface area contributed by atoms with Gasteiger partial charge in [0.05, 0.1) is 23.3 Å². The highest BCUT2D eigenvalue weighted by atomic mass is 16.5. The van der Waals surface area contributed by atoms with Gasteiger partial charge in [-0.15, -0.1) is 0 Å². The molecule has 0 spiro atoms. The minimum absolute atomic E-state index is 0.0620. The van der Waals surface area contributed by atoms with E-state index < -0.39 is 5.91 Å². The van der Waals surface area contributed by atoms with Crippen LogP contribution < -0.4 is 5.32 Å². The summed E-state index contributed by atoms with van der Waals surface area (Å²) in [6, 6.07) is 10.1. The van der Waals surface area contributed by atoms with E-state index in [2.05, 4.69) is 15.3 Å². The lowest BCUT2D eigenvalue weighted by Crippen LogP contribution is -2.54. The van der Waals surface area contributed by atoms with E-state index in [-0.39, 0.29) is 12.0 Å². The van der Waals surface area contributed by atoms with Gasteiger partial charge in [0.15, 0.2) is 5.65 Å². The lowest BCUT2D eigenvalue weighted by Gasteiger charge is -2.38. The number of rotatable bonds is 8. The van der Waals surface area contributed by atoms with E-state index in [1.165, 1.54) is 12.3 Å². The van der Waals surface area contributed by atoms with Crippen molar-refractivity contribution in [3.63, 3.8) is 0 Å². The highest BCUT2D eigenvalue weighted by Gasteiger charge is 2.31. The number of anilines is 1. The molecule has 1 saturated heterocycles. The molecule has 1 aliphatic rings. The first-order valence-electron chi connectivity index (χ1n) is 10.5. The number of carbonyl (C=O) groups is 2. The van der Waals surface area contributed by atoms with Gasteiger partial charge in [-0.1, -0.05) is 6.07 Å². The molecule has 3 aromatic rings. The third kappa shape index (κ3) is 4.69. The molecule has 0 saturated carbocycles. The van der Waals surface area contributed by atoms with Crippen molar-refractivity contribution in [3.05, 3.63) is 53.2 Å². The van der Waals surface area contributed by atoms with E-state index in [1.807, 2.05) is 6.07 Å². The van der Waals surface area contributed by atoms with Crippen LogP contribution in [0.1, 0.15) is 32.7 Å². The maximum Gasteiger partial charge on any atom is 0.258 e. The van der Waals surface area contributed by atoms with E-state index in [4.69, 9.17) is 14.7 Å². The van der Waals surface area contributed by atoms with Crippen molar-refractivity contribution in [2.75, 3.05) is 39.2 Å². The molecule has 0 bridgehead atoms. The van der Waals surface area contributed by atoms with Crippen LogP contribution in [0.25, 0.3) is 11.2 Å². The number of pyridine rings is 1. The smallest absolute Gasteiger partial charge is 0.258 e. The number of imidazole rings is 1. The van der Waals surface area contributed by atoms with Crippen molar-refractivity contribution >= 4 is 28.9 Å². The quantitative estimate of drug-likeness (QED) is 0.523. The summed E-state index contributed by atoms with van der Waals surface area (Å²) in [4.78, 5) is 36.3. The number of benzene rings is 1. The number of amides is 2. The second kappa shape index (κ2) is 9.77. The monoisotopic (exact) mass is 448 g/mol. The summed E-state index contributed by atoms with van der Waals surface area (Å²) < 4.78 is 12.2. The lowest BCUT2D eigenvalue weighted by atomic mass is 10.1. The van der Waals surface area contributed by atoms with Gasteiger partial charge in [0.1, 0.15) is 5.52 Å². The molecule has 170 valence electrons. The van der Waals surface area contributed by atoms with E-state index in [1.54, 1.807) is 48.0 Å². The van der Waals surface area contributed by atoms with Crippen LogP contribution in [0.4, 0.5) is 5.95 Å². The van der Waals surface area contributed by atoms with Crippen molar-refractivity contribution in [2.45, 2.75) is 19.1 Å². The molecule has 3 heterocycles. The van der Waals surface area contributed by atoms with Crippen LogP contribution in [0.15, 0.2) is 36.5 Å². The average molecular weight is 448 g/mol. The Bertz CT molecular complexity index is 1230. The van der Waals surface area contributed by atoms with Gasteiger partial charge in [-0.3, -0.25) is 19.5 Å². The molecular weight excluding hydrogens is 424 g/mol. The van der Waals surface area contributed by atoms with Crippen LogP contribution in [-0.2, 0) is 16.0 Å². The van der Waals surface area contributed by atoms with Gasteiger partial charge in [0, 0.05) is 52.2 Å². The molecule has 2 amide bonds. The highest BCUT2D eigenvalue weighted by molar-refractivity contribution is 6.04. The Labute approximate surface area is 190 Å². The maximum absolute atomic E-state index is 12.8. The molecule has 1 aromatic carbocycles. The van der Waals surface area contributed by atoms with Crippen LogP contribution in [-0.4, -0.2) is 71.3 Å². The third-order valence-corrected chi connectivity index (χ3v) is 5.51. The number of aryl methyl sites for hydroxylation is 1. The summed E-state index contributed by atoms with van der Waals surface area (Å²) in [6.07, 6.45) is 2.27. The Kier molecular flexibility index (Phi) is 6.63. The standard InChI is InChI=1S/C23H24N6O4/c1-32-8-4-7-29-20-19(10-17(12-25-20)22(31)28-13-18(14-28)33-2)26-23(29)27-21(30)16-6-3-5-15(9-16)11-24/h3,5-6,9-10,12,18H,4,7-8,13-14H2,1-2H3,(H,26,27,30). The van der Waals surface area contributed by atoms with E-state index in [9.17, 15) is 9.59 Å². The minimum Gasteiger partial charge on any atom is -0.385 e. The number of ether oxygens (including phenoxy) is 2. The summed E-state index contributed by atoms with van der Waals surface area (Å²) in [7, 11) is 3.25. The Morgan fingerprint density at radius 1 is 1.24 bits per heavy atom. The SMILES string of the molecule is COCCCn1c(NC(=O)c2cccc(C#N)c2)nc2cc(C(=O)N3CC(OC)C3)cnc21. The zero-order chi connectivity index (χ0) is 23.4. The number of aromatic nitrogens is 3. The Morgan fingerprint density at radius 2 is 2.06 bits per heavy atom. The van der Waals surface area contributed by atoms with Crippen LogP contribution in [0.2, 0.25) is 0 Å². The predicted molar refractivity (Wildman–Crippen MR) is 120 cm³/mol. The van der Waals surface area contributed by atoms with Crippen molar-refractivity contribution < 1.29 is 19.1 Å². The van der Waals surface area contributed by atoms with E-state index >= 15 is 0 Å². The van der Waals surface area contributed by atoms with Crippen LogP contribution in [0, 0.1) is 11.3 Å². The number of carbonyl (C=O) groups excluding carboxylic acids is 2. The minimum atomic E-state index is -0.391. The zero-order valence-corrected chi connectivity index (χ0v) is 18.4. The second-order valence-electron chi connectivity index (χ2n) is 7.71. The number of hydrogen-bond acceptors (Lipinski definition) is 7. The van der Waals surface area contributed by atoms with Gasteiger partial charge in [-0.25, -0.2) is 9.97 Å². The molecule has 0 unspecified atom stereocenters. The number of nitrogens with zero attached hydrogens (tertiary/aromatic N) is 5. The molecule has 10 nitrogen and oxygen atoms in total. The normalized spacial score (nSPS) is 13.5. The Hall–Kier alpha value is -3.81. The Balaban J connectivity index is 1.62. The van der Waals surface area contributed by atoms with Crippen molar-refractivity contribution in [2.24, 2.45) is 0 Å². The molecule has 1 N–H and O–H groups in total. The molecular formula is C23H24N6O4. The fraction of sp³-hybridized carbons (Fsp3) is 0.348. The number of nitrogens with one attached hydrogen (secondary N) is 1. The average Bonchev–Trinajstić information content (AvgIpc) is 3.14. The van der Waals surface area contributed by atoms with Gasteiger partial charge < -0.3 is 14.4 Å². The summed E-state index contributed by atoms with van der Waals surface area (Å²) in [6.45, 7) is 2.13. The number of nitriles is 1. The number of fused-ring (bicyclic) bond motifs is 1. The van der Waals surface area contributed by atoms with E-state index in [0.717, 1.165) is 0 Å². The lowest BCUT2D eigenvalue weighted by molar-refractivity contribution is -0.0192. The number of likely N-dealkylation sites (tertiary alicyclic amines) is 1. The number of methoxy groups -OCH3 is 2. The molecule has 1 aliphatic heterocycles. The highest BCUT2D eigenvalue weighted by Crippen LogP contribution is 2.22. The molecule has 0 radical (unpaired) electrons. The Morgan fingerprint density at radius 3 is 2.79 bits per heavy atom. The summed E-state index contributed by atoms with van der Waals surface area (Å²) in [5.74, 6) is -0.211. The van der Waals surface area contributed by atoms with Gasteiger partial charge in [0.25, 0.3) is 11.8 Å². The molecule has 1 fully saturated rings. The topological polar surface area (TPSA) is 122 Å². The largest absolute Gasteiger partial charge is 0.385 e. The third-order valence-electron chi connectivity index (χ3n) is 5.51. The van der Waals surface area contributed by atoms with Crippen LogP contribution in [0.3, 0.4) is 0 Å². The first-order valence-corrected chi connectivity index (χ1v) is 10.5. The fourth-order valence-corrected chi connectivity index (χ4v) is 3.64. The molecule has 10 heteroatoms. The first kappa shape index (κ1) is 22.4. The van der Waals surface area contributed by atoms with Crippen molar-refractivity contribution in [1.82, 2.24) is 19.4 Å². The maximum atomic E-state index is 12.8. The summed E-state index contributed by atoms with van der Waals surface area (Å²) in [5.41, 5.74) is 2.23. The molecule has 0 aliphatic carbocycles. The zero-order valence-electron chi connectivity index (χ0n) is 18.4. The predicted octanol–water partition coefficient (Wildman–Crippen LogP) is 2.06. The van der Waals surface area contributed by atoms with Gasteiger partial charge >= 0.3 is 0 Å². The molecule has 33 heavy (non-hydrogen) atoms. The van der Waals surface area contributed by atoms with Gasteiger partial charge in [-0.05, 0) is 30.7 Å². The molecule has 4 rings (SSSR count). The van der Waals surface area contributed by atoms with Crippen LogP contribution >= 0.6 is 0 Å². The summed E-state index contributed by atoms with van der Waals surface area (Å²) in [5, 5.41) is 11.9. The summed E-state index contributed by atoms with van der Waals surface area (Å²) >= 11 is 0.